The summed E-state index contributed by atoms with van der Waals surface area (Å²) in [5.74, 6) is 0. The summed E-state index contributed by atoms with van der Waals surface area (Å²) >= 11 is 0. The fourth-order valence-electron chi connectivity index (χ4n) is 12.4. The van der Waals surface area contributed by atoms with E-state index in [0.29, 0.717) is 0 Å². The first kappa shape index (κ1) is 38.7. The monoisotopic (exact) mass is 844 g/mol. The fourth-order valence-corrected chi connectivity index (χ4v) is 12.4. The van der Waals surface area contributed by atoms with Crippen LogP contribution in [-0.2, 0) is 0 Å². The number of hydrogen-bond donors (Lipinski definition) is 0. The zero-order valence-electron chi connectivity index (χ0n) is 38.1. The minimum atomic E-state index is -0.0526. The van der Waals surface area contributed by atoms with Crippen molar-refractivity contribution in [3.8, 4) is 22.5 Å². The lowest BCUT2D eigenvalue weighted by molar-refractivity contribution is 1.19. The highest BCUT2D eigenvalue weighted by atomic mass is 15.3. The molecular formula is C60H46B2N4. The zero-order valence-corrected chi connectivity index (χ0v) is 38.1. The van der Waals surface area contributed by atoms with Crippen molar-refractivity contribution in [1.82, 2.24) is 9.97 Å². The molecule has 3 aliphatic rings. The van der Waals surface area contributed by atoms with Gasteiger partial charge in [-0.1, -0.05) is 154 Å². The molecule has 0 aliphatic carbocycles. The van der Waals surface area contributed by atoms with Crippen LogP contribution in [0.25, 0.3) is 44.1 Å². The van der Waals surface area contributed by atoms with Crippen molar-refractivity contribution in [2.45, 2.75) is 41.5 Å². The maximum absolute atomic E-state index is 4.89. The number of benzene rings is 8. The van der Waals surface area contributed by atoms with Gasteiger partial charge in [-0.25, -0.2) is 0 Å². The molecule has 312 valence electrons. The molecule has 0 saturated heterocycles. The smallest absolute Gasteiger partial charge is 0.248 e. The first-order valence-corrected chi connectivity index (χ1v) is 23.2. The van der Waals surface area contributed by atoms with Gasteiger partial charge >= 0.3 is 0 Å². The maximum atomic E-state index is 4.89. The molecular weight excluding hydrogens is 798 g/mol. The highest BCUT2D eigenvalue weighted by molar-refractivity contribution is 7.01. The van der Waals surface area contributed by atoms with Crippen molar-refractivity contribution in [1.29, 1.82) is 0 Å². The average Bonchev–Trinajstić information content (AvgIpc) is 3.32. The molecule has 0 saturated carbocycles. The summed E-state index contributed by atoms with van der Waals surface area (Å²) in [5.41, 5.74) is 27.3. The Hall–Kier alpha value is -7.69. The number of fused-ring (bicyclic) bond motifs is 10. The van der Waals surface area contributed by atoms with Crippen LogP contribution in [-0.4, -0.2) is 23.4 Å². The molecule has 4 nitrogen and oxygen atoms in total. The Bertz CT molecular complexity index is 3400. The zero-order chi connectivity index (χ0) is 44.5. The van der Waals surface area contributed by atoms with Gasteiger partial charge in [-0.2, -0.15) is 0 Å². The molecule has 0 amide bonds. The topological polar surface area (TPSA) is 32.3 Å². The third-order valence-electron chi connectivity index (χ3n) is 14.7. The summed E-state index contributed by atoms with van der Waals surface area (Å²) in [4.78, 5) is 15.1. The van der Waals surface area contributed by atoms with E-state index in [1.165, 1.54) is 122 Å². The second kappa shape index (κ2) is 14.4. The summed E-state index contributed by atoms with van der Waals surface area (Å²) < 4.78 is 0. The fraction of sp³-hybridized carbons (Fsp3) is 0.100. The predicted molar refractivity (Wildman–Crippen MR) is 281 cm³/mol. The van der Waals surface area contributed by atoms with Crippen molar-refractivity contribution >= 4 is 102 Å². The molecule has 13 rings (SSSR count). The van der Waals surface area contributed by atoms with Crippen LogP contribution in [0, 0.1) is 41.5 Å². The van der Waals surface area contributed by atoms with Crippen LogP contribution in [0.15, 0.2) is 170 Å². The van der Waals surface area contributed by atoms with Gasteiger partial charge in [-0.05, 0) is 145 Å². The molecule has 0 spiro atoms. The molecule has 0 unspecified atom stereocenters. The van der Waals surface area contributed by atoms with Gasteiger partial charge in [0.05, 0.1) is 34.1 Å². The van der Waals surface area contributed by atoms with E-state index in [9.17, 15) is 0 Å². The number of aromatic nitrogens is 2. The molecule has 0 N–H and O–H groups in total. The Morgan fingerprint density at radius 2 is 0.758 bits per heavy atom. The van der Waals surface area contributed by atoms with Gasteiger partial charge in [0.15, 0.2) is 0 Å². The molecule has 10 aromatic rings. The van der Waals surface area contributed by atoms with Crippen molar-refractivity contribution in [2.75, 3.05) is 9.80 Å². The second-order valence-corrected chi connectivity index (χ2v) is 18.9. The van der Waals surface area contributed by atoms with E-state index >= 15 is 0 Å². The normalized spacial score (nSPS) is 13.2. The largest absolute Gasteiger partial charge is 0.307 e. The lowest BCUT2D eigenvalue weighted by Crippen LogP contribution is -2.62. The van der Waals surface area contributed by atoms with E-state index < -0.39 is 0 Å². The third kappa shape index (κ3) is 5.54. The van der Waals surface area contributed by atoms with Gasteiger partial charge in [-0.15, -0.1) is 0 Å². The molecule has 8 aromatic carbocycles. The average molecular weight is 845 g/mol. The summed E-state index contributed by atoms with van der Waals surface area (Å²) in [6.07, 6.45) is 3.81. The minimum Gasteiger partial charge on any atom is -0.307 e. The van der Waals surface area contributed by atoms with Crippen LogP contribution in [0.2, 0.25) is 0 Å². The maximum Gasteiger partial charge on any atom is 0.248 e. The minimum absolute atomic E-state index is 0.0526. The Labute approximate surface area is 387 Å². The van der Waals surface area contributed by atoms with Gasteiger partial charge < -0.3 is 9.80 Å². The SMILES string of the molecule is Cc1cc(C)c(B2c3cc(-c4ccccn4)ccc3N3c4cc5ccccc5c5c4N(c4ccc(-c6ccccn6)cc4B5c4c(C)cc(C)cc4C)c4cc5ccccc5c2c43)c(C)c1. The third-order valence-corrected chi connectivity index (χ3v) is 14.7. The Morgan fingerprint density at radius 1 is 0.364 bits per heavy atom. The second-order valence-electron chi connectivity index (χ2n) is 18.9. The van der Waals surface area contributed by atoms with E-state index in [1.54, 1.807) is 0 Å². The lowest BCUT2D eigenvalue weighted by atomic mass is 9.32. The van der Waals surface area contributed by atoms with Gasteiger partial charge in [0.2, 0.25) is 13.4 Å². The van der Waals surface area contributed by atoms with Crippen molar-refractivity contribution in [3.63, 3.8) is 0 Å². The van der Waals surface area contributed by atoms with Crippen LogP contribution in [0.1, 0.15) is 33.4 Å². The molecule has 0 bridgehead atoms. The molecule has 0 atom stereocenters. The van der Waals surface area contributed by atoms with Crippen LogP contribution < -0.4 is 42.6 Å². The summed E-state index contributed by atoms with van der Waals surface area (Å²) in [7, 11) is 0. The van der Waals surface area contributed by atoms with Gasteiger partial charge in [-0.3, -0.25) is 9.97 Å². The standard InChI is InChI=1S/C60H46B2N4/c1-35-27-37(3)55(38(4)28-35)61-47-31-43(49-19-11-13-25-63-49)21-23-51(47)65-54-34-42-16-8-10-18-46(42)58-60(54)66(53-33-41-15-7-9-17-45(41)57(61)59(53)65)52-24-22-44(50-20-12-14-26-64-50)32-48(52)62(58)56-39(5)29-36(2)30-40(56)6/h7-34H,1-6H3. The molecule has 2 aromatic heterocycles. The first-order chi connectivity index (χ1) is 32.2. The lowest BCUT2D eigenvalue weighted by Gasteiger charge is -2.50. The first-order valence-electron chi connectivity index (χ1n) is 23.2. The van der Waals surface area contributed by atoms with Crippen LogP contribution >= 0.6 is 0 Å². The van der Waals surface area contributed by atoms with Crippen molar-refractivity contribution in [2.24, 2.45) is 0 Å². The van der Waals surface area contributed by atoms with Crippen LogP contribution in [0.5, 0.6) is 0 Å². The number of hydrogen-bond acceptors (Lipinski definition) is 4. The Balaban J connectivity index is 1.22. The van der Waals surface area contributed by atoms with E-state index in [1.807, 2.05) is 24.5 Å². The number of anilines is 6. The number of nitrogens with zero attached hydrogens (tertiary/aromatic N) is 4. The van der Waals surface area contributed by atoms with Gasteiger partial charge in [0.1, 0.15) is 0 Å². The van der Waals surface area contributed by atoms with E-state index in [-0.39, 0.29) is 13.4 Å². The molecule has 6 heteroatoms. The Kier molecular flexibility index (Phi) is 8.46. The van der Waals surface area contributed by atoms with Gasteiger partial charge in [0, 0.05) is 23.8 Å². The highest BCUT2D eigenvalue weighted by Crippen LogP contribution is 2.57. The molecule has 0 radical (unpaired) electrons. The highest BCUT2D eigenvalue weighted by Gasteiger charge is 2.48. The molecule has 0 fully saturated rings. The Morgan fingerprint density at radius 3 is 1.15 bits per heavy atom. The van der Waals surface area contributed by atoms with E-state index in [4.69, 9.17) is 9.97 Å². The van der Waals surface area contributed by atoms with Crippen LogP contribution in [0.4, 0.5) is 34.1 Å². The van der Waals surface area contributed by atoms with Gasteiger partial charge in [0.25, 0.3) is 0 Å². The summed E-state index contributed by atoms with van der Waals surface area (Å²) in [5, 5.41) is 5.01. The number of pyridine rings is 2. The predicted octanol–water partition coefficient (Wildman–Crippen LogP) is 10.9. The van der Waals surface area contributed by atoms with E-state index in [2.05, 4.69) is 197 Å². The number of aryl methyl sites for hydroxylation is 6. The van der Waals surface area contributed by atoms with Crippen LogP contribution in [0.3, 0.4) is 0 Å². The van der Waals surface area contributed by atoms with E-state index in [0.717, 1.165) is 22.5 Å². The van der Waals surface area contributed by atoms with Crippen molar-refractivity contribution in [3.05, 3.63) is 203 Å². The molecule has 66 heavy (non-hydrogen) atoms. The molecule has 5 heterocycles. The summed E-state index contributed by atoms with van der Waals surface area (Å²) in [6.45, 7) is 13.6. The number of rotatable bonds is 4. The van der Waals surface area contributed by atoms with Crippen molar-refractivity contribution < 1.29 is 0 Å². The quantitative estimate of drug-likeness (QED) is 0.165. The summed E-state index contributed by atoms with van der Waals surface area (Å²) in [6, 6.07) is 59.3. The molecule has 3 aliphatic heterocycles.